The van der Waals surface area contributed by atoms with Crippen molar-refractivity contribution in [1.82, 2.24) is 14.9 Å². The van der Waals surface area contributed by atoms with Crippen LogP contribution in [0.15, 0.2) is 30.6 Å². The first-order chi connectivity index (χ1) is 12.1. The van der Waals surface area contributed by atoms with Crippen LogP contribution in [0.1, 0.15) is 30.3 Å². The van der Waals surface area contributed by atoms with E-state index in [2.05, 4.69) is 10.3 Å². The average molecular weight is 345 g/mol. The van der Waals surface area contributed by atoms with E-state index < -0.39 is 12.1 Å². The van der Waals surface area contributed by atoms with E-state index in [4.69, 9.17) is 14.2 Å². The van der Waals surface area contributed by atoms with Gasteiger partial charge in [0, 0.05) is 32.1 Å². The SMILES string of the molecule is COc1cc(OC)cc(C(NC(=O)C2CCCO2)c2nccn2C)c1. The molecule has 2 aromatic rings. The van der Waals surface area contributed by atoms with Gasteiger partial charge in [0.15, 0.2) is 0 Å². The number of ether oxygens (including phenoxy) is 3. The zero-order valence-electron chi connectivity index (χ0n) is 14.7. The molecule has 0 spiro atoms. The van der Waals surface area contributed by atoms with Crippen LogP contribution in [0.4, 0.5) is 0 Å². The summed E-state index contributed by atoms with van der Waals surface area (Å²) in [5.74, 6) is 1.90. The zero-order valence-corrected chi connectivity index (χ0v) is 14.7. The van der Waals surface area contributed by atoms with E-state index in [0.717, 1.165) is 24.2 Å². The van der Waals surface area contributed by atoms with Gasteiger partial charge >= 0.3 is 0 Å². The lowest BCUT2D eigenvalue weighted by Crippen LogP contribution is -2.38. The largest absolute Gasteiger partial charge is 0.497 e. The minimum absolute atomic E-state index is 0.132. The standard InChI is InChI=1S/C18H23N3O4/c1-21-7-6-19-17(21)16(20-18(22)15-5-4-8-25-15)12-9-13(23-2)11-14(10-12)24-3/h6-7,9-11,15-16H,4-5,8H2,1-3H3,(H,20,22). The van der Waals surface area contributed by atoms with Crippen molar-refractivity contribution in [1.29, 1.82) is 0 Å². The predicted octanol–water partition coefficient (Wildman–Crippen LogP) is 1.82. The van der Waals surface area contributed by atoms with E-state index in [0.29, 0.717) is 18.1 Å². The first kappa shape index (κ1) is 17.3. The minimum atomic E-state index is -0.430. The molecule has 1 amide bonds. The summed E-state index contributed by atoms with van der Waals surface area (Å²) in [5.41, 5.74) is 0.830. The molecule has 1 N–H and O–H groups in total. The first-order valence-corrected chi connectivity index (χ1v) is 8.24. The van der Waals surface area contributed by atoms with Crippen LogP contribution in [0, 0.1) is 0 Å². The summed E-state index contributed by atoms with van der Waals surface area (Å²) in [6.07, 6.45) is 4.78. The van der Waals surface area contributed by atoms with Crippen LogP contribution in [0.25, 0.3) is 0 Å². The second-order valence-electron chi connectivity index (χ2n) is 5.99. The number of rotatable bonds is 6. The summed E-state index contributed by atoms with van der Waals surface area (Å²) >= 11 is 0. The molecule has 1 aromatic carbocycles. The molecule has 1 saturated heterocycles. The van der Waals surface area contributed by atoms with Crippen LogP contribution in [0.3, 0.4) is 0 Å². The first-order valence-electron chi connectivity index (χ1n) is 8.24. The Labute approximate surface area is 146 Å². The number of amides is 1. The molecule has 2 heterocycles. The topological polar surface area (TPSA) is 74.6 Å². The molecule has 1 aliphatic heterocycles. The van der Waals surface area contributed by atoms with E-state index in [1.54, 1.807) is 26.5 Å². The minimum Gasteiger partial charge on any atom is -0.497 e. The fourth-order valence-corrected chi connectivity index (χ4v) is 2.97. The molecule has 1 fully saturated rings. The Morgan fingerprint density at radius 3 is 2.56 bits per heavy atom. The molecule has 0 radical (unpaired) electrons. The van der Waals surface area contributed by atoms with Crippen molar-refractivity contribution in [3.05, 3.63) is 42.0 Å². The third-order valence-corrected chi connectivity index (χ3v) is 4.33. The molecule has 0 aliphatic carbocycles. The third-order valence-electron chi connectivity index (χ3n) is 4.33. The number of hydrogen-bond donors (Lipinski definition) is 1. The summed E-state index contributed by atoms with van der Waals surface area (Å²) in [6.45, 7) is 0.623. The number of aryl methyl sites for hydroxylation is 1. The van der Waals surface area contributed by atoms with Crippen LogP contribution in [-0.2, 0) is 16.6 Å². The molecule has 2 atom stereocenters. The van der Waals surface area contributed by atoms with Crippen molar-refractivity contribution < 1.29 is 19.0 Å². The van der Waals surface area contributed by atoms with Gasteiger partial charge in [0.2, 0.25) is 5.91 Å². The normalized spacial score (nSPS) is 18.0. The lowest BCUT2D eigenvalue weighted by Gasteiger charge is -2.22. The maximum absolute atomic E-state index is 12.6. The highest BCUT2D eigenvalue weighted by molar-refractivity contribution is 5.81. The molecule has 1 aliphatic rings. The second kappa shape index (κ2) is 7.57. The fraction of sp³-hybridized carbons (Fsp3) is 0.444. The Morgan fingerprint density at radius 1 is 1.32 bits per heavy atom. The zero-order chi connectivity index (χ0) is 17.8. The highest BCUT2D eigenvalue weighted by atomic mass is 16.5. The van der Waals surface area contributed by atoms with Gasteiger partial charge in [-0.1, -0.05) is 0 Å². The lowest BCUT2D eigenvalue weighted by atomic mass is 10.0. The van der Waals surface area contributed by atoms with Crippen LogP contribution in [0.5, 0.6) is 11.5 Å². The molecule has 0 saturated carbocycles. The van der Waals surface area contributed by atoms with Crippen molar-refractivity contribution in [2.24, 2.45) is 7.05 Å². The van der Waals surface area contributed by atoms with Crippen molar-refractivity contribution in [2.45, 2.75) is 25.0 Å². The summed E-state index contributed by atoms with van der Waals surface area (Å²) in [6, 6.07) is 5.11. The Bertz CT molecular complexity index is 715. The predicted molar refractivity (Wildman–Crippen MR) is 91.7 cm³/mol. The Morgan fingerprint density at radius 2 is 2.04 bits per heavy atom. The van der Waals surface area contributed by atoms with Gasteiger partial charge in [-0.15, -0.1) is 0 Å². The lowest BCUT2D eigenvalue weighted by molar-refractivity contribution is -0.130. The fourth-order valence-electron chi connectivity index (χ4n) is 2.97. The maximum atomic E-state index is 12.6. The summed E-state index contributed by atoms with van der Waals surface area (Å²) in [5, 5.41) is 3.06. The van der Waals surface area contributed by atoms with E-state index in [9.17, 15) is 4.79 Å². The second-order valence-corrected chi connectivity index (χ2v) is 5.99. The Hall–Kier alpha value is -2.54. The van der Waals surface area contributed by atoms with Gasteiger partial charge < -0.3 is 24.1 Å². The van der Waals surface area contributed by atoms with Crippen molar-refractivity contribution in [2.75, 3.05) is 20.8 Å². The van der Waals surface area contributed by atoms with E-state index in [-0.39, 0.29) is 5.91 Å². The number of hydrogen-bond acceptors (Lipinski definition) is 5. The maximum Gasteiger partial charge on any atom is 0.249 e. The summed E-state index contributed by atoms with van der Waals surface area (Å²) < 4.78 is 18.1. The molecule has 2 unspecified atom stereocenters. The number of benzene rings is 1. The number of aromatic nitrogens is 2. The van der Waals surface area contributed by atoms with Crippen molar-refractivity contribution in [3.8, 4) is 11.5 Å². The van der Waals surface area contributed by atoms with Crippen LogP contribution in [0.2, 0.25) is 0 Å². The number of methoxy groups -OCH3 is 2. The molecule has 134 valence electrons. The number of nitrogens with zero attached hydrogens (tertiary/aromatic N) is 2. The van der Waals surface area contributed by atoms with Gasteiger partial charge in [-0.25, -0.2) is 4.98 Å². The summed E-state index contributed by atoms with van der Waals surface area (Å²) in [4.78, 5) is 17.0. The highest BCUT2D eigenvalue weighted by Crippen LogP contribution is 2.29. The van der Waals surface area contributed by atoms with Gasteiger partial charge in [-0.2, -0.15) is 0 Å². The third kappa shape index (κ3) is 3.76. The quantitative estimate of drug-likeness (QED) is 0.864. The number of carbonyl (C=O) groups is 1. The van der Waals surface area contributed by atoms with Crippen LogP contribution in [-0.4, -0.2) is 42.4 Å². The molecule has 7 heteroatoms. The van der Waals surface area contributed by atoms with Crippen molar-refractivity contribution >= 4 is 5.91 Å². The molecular formula is C18H23N3O4. The average Bonchev–Trinajstić information content (AvgIpc) is 3.31. The van der Waals surface area contributed by atoms with Crippen LogP contribution >= 0.6 is 0 Å². The number of imidazole rings is 1. The molecular weight excluding hydrogens is 322 g/mol. The Kier molecular flexibility index (Phi) is 5.23. The van der Waals surface area contributed by atoms with Gasteiger partial charge in [0.1, 0.15) is 29.5 Å². The van der Waals surface area contributed by atoms with Crippen LogP contribution < -0.4 is 14.8 Å². The van der Waals surface area contributed by atoms with E-state index in [1.807, 2.05) is 29.9 Å². The van der Waals surface area contributed by atoms with Gasteiger partial charge in [-0.05, 0) is 30.5 Å². The van der Waals surface area contributed by atoms with Crippen molar-refractivity contribution in [3.63, 3.8) is 0 Å². The molecule has 25 heavy (non-hydrogen) atoms. The van der Waals surface area contributed by atoms with Gasteiger partial charge in [-0.3, -0.25) is 4.79 Å². The van der Waals surface area contributed by atoms with E-state index in [1.165, 1.54) is 0 Å². The smallest absolute Gasteiger partial charge is 0.249 e. The molecule has 7 nitrogen and oxygen atoms in total. The van der Waals surface area contributed by atoms with E-state index >= 15 is 0 Å². The molecule has 1 aromatic heterocycles. The molecule has 3 rings (SSSR count). The molecule has 0 bridgehead atoms. The van der Waals surface area contributed by atoms with Gasteiger partial charge in [0.25, 0.3) is 0 Å². The number of carbonyl (C=O) groups excluding carboxylic acids is 1. The van der Waals surface area contributed by atoms with Gasteiger partial charge in [0.05, 0.1) is 14.2 Å². The monoisotopic (exact) mass is 345 g/mol. The highest BCUT2D eigenvalue weighted by Gasteiger charge is 2.28. The Balaban J connectivity index is 1.96. The summed E-state index contributed by atoms with van der Waals surface area (Å²) in [7, 11) is 5.09. The number of nitrogens with one attached hydrogen (secondary N) is 1.